The maximum absolute atomic E-state index is 12.2. The van der Waals surface area contributed by atoms with E-state index in [0.717, 1.165) is 31.5 Å². The minimum absolute atomic E-state index is 0.0909. The Labute approximate surface area is 150 Å². The van der Waals surface area contributed by atoms with E-state index < -0.39 is 0 Å². The summed E-state index contributed by atoms with van der Waals surface area (Å²) >= 11 is 0. The third kappa shape index (κ3) is 5.15. The second-order valence-corrected chi connectivity index (χ2v) is 6.74. The predicted octanol–water partition coefficient (Wildman–Crippen LogP) is 2.65. The molecule has 3 rings (SSSR count). The second kappa shape index (κ2) is 8.79. The maximum atomic E-state index is 12.2. The van der Waals surface area contributed by atoms with Crippen LogP contribution in [0.2, 0.25) is 0 Å². The van der Waals surface area contributed by atoms with E-state index in [2.05, 4.69) is 51.9 Å². The van der Waals surface area contributed by atoms with Gasteiger partial charge < -0.3 is 10.6 Å². The van der Waals surface area contributed by atoms with Gasteiger partial charge in [-0.05, 0) is 49.7 Å². The fourth-order valence-electron chi connectivity index (χ4n) is 3.31. The average molecular weight is 337 g/mol. The van der Waals surface area contributed by atoms with Gasteiger partial charge in [-0.15, -0.1) is 0 Å². The molecule has 2 aromatic carbocycles. The average Bonchev–Trinajstić information content (AvgIpc) is 2.68. The summed E-state index contributed by atoms with van der Waals surface area (Å²) in [7, 11) is 2.05. The lowest BCUT2D eigenvalue weighted by Crippen LogP contribution is -2.45. The van der Waals surface area contributed by atoms with Gasteiger partial charge in [-0.2, -0.15) is 0 Å². The Kier molecular flexibility index (Phi) is 6.20. The van der Waals surface area contributed by atoms with E-state index in [1.54, 1.807) is 0 Å². The highest BCUT2D eigenvalue weighted by molar-refractivity contribution is 5.78. The van der Waals surface area contributed by atoms with Crippen molar-refractivity contribution in [2.24, 2.45) is 0 Å². The second-order valence-electron chi connectivity index (χ2n) is 6.74. The smallest absolute Gasteiger partial charge is 0.234 e. The van der Waals surface area contributed by atoms with E-state index in [-0.39, 0.29) is 5.91 Å². The van der Waals surface area contributed by atoms with Crippen molar-refractivity contribution in [2.45, 2.75) is 25.4 Å². The topological polar surface area (TPSA) is 44.4 Å². The first kappa shape index (κ1) is 17.6. The molecule has 1 saturated heterocycles. The summed E-state index contributed by atoms with van der Waals surface area (Å²) in [6.45, 7) is 3.13. The lowest BCUT2D eigenvalue weighted by Gasteiger charge is -2.31. The lowest BCUT2D eigenvalue weighted by molar-refractivity contribution is -0.122. The van der Waals surface area contributed by atoms with Crippen LogP contribution >= 0.6 is 0 Å². The van der Waals surface area contributed by atoms with Crippen molar-refractivity contribution in [1.29, 1.82) is 0 Å². The summed E-state index contributed by atoms with van der Waals surface area (Å²) in [5.41, 5.74) is 3.53. The molecule has 4 nitrogen and oxygen atoms in total. The normalized spacial score (nSPS) is 15.3. The van der Waals surface area contributed by atoms with Gasteiger partial charge in [0.15, 0.2) is 0 Å². The summed E-state index contributed by atoms with van der Waals surface area (Å²) in [5.74, 6) is 0.0909. The van der Waals surface area contributed by atoms with Crippen LogP contribution in [-0.2, 0) is 11.3 Å². The highest BCUT2D eigenvalue weighted by Gasteiger charge is 2.19. The molecule has 25 heavy (non-hydrogen) atoms. The number of piperidine rings is 1. The number of carbonyl (C=O) groups excluding carboxylic acids is 1. The molecule has 1 aliphatic heterocycles. The van der Waals surface area contributed by atoms with E-state index in [9.17, 15) is 4.79 Å². The number of hydrogen-bond donors (Lipinski definition) is 2. The van der Waals surface area contributed by atoms with E-state index in [4.69, 9.17) is 0 Å². The van der Waals surface area contributed by atoms with Crippen LogP contribution in [0, 0.1) is 0 Å². The van der Waals surface area contributed by atoms with Crippen molar-refractivity contribution >= 4 is 5.91 Å². The number of nitrogens with zero attached hydrogens (tertiary/aromatic N) is 1. The summed E-state index contributed by atoms with van der Waals surface area (Å²) < 4.78 is 0. The molecule has 0 bridgehead atoms. The molecule has 0 aliphatic carbocycles. The zero-order valence-electron chi connectivity index (χ0n) is 14.9. The molecule has 0 spiro atoms. The monoisotopic (exact) mass is 337 g/mol. The molecule has 1 heterocycles. The molecule has 1 fully saturated rings. The van der Waals surface area contributed by atoms with Crippen LogP contribution in [0.1, 0.15) is 18.4 Å². The van der Waals surface area contributed by atoms with Crippen LogP contribution in [-0.4, -0.2) is 43.5 Å². The van der Waals surface area contributed by atoms with Crippen LogP contribution in [0.4, 0.5) is 0 Å². The number of likely N-dealkylation sites (N-methyl/N-ethyl adjacent to an activating group) is 1. The molecule has 2 aromatic rings. The summed E-state index contributed by atoms with van der Waals surface area (Å²) in [6.07, 6.45) is 2.23. The Morgan fingerprint density at radius 1 is 1.04 bits per heavy atom. The van der Waals surface area contributed by atoms with Crippen molar-refractivity contribution in [3.63, 3.8) is 0 Å². The third-order valence-electron chi connectivity index (χ3n) is 4.88. The molecule has 0 atom stereocenters. The number of rotatable bonds is 6. The van der Waals surface area contributed by atoms with Crippen LogP contribution in [0.15, 0.2) is 54.6 Å². The molecule has 2 N–H and O–H groups in total. The highest BCUT2D eigenvalue weighted by Crippen LogP contribution is 2.19. The lowest BCUT2D eigenvalue weighted by atomic mass is 10.0. The van der Waals surface area contributed by atoms with Crippen molar-refractivity contribution in [3.05, 3.63) is 60.2 Å². The van der Waals surface area contributed by atoms with Gasteiger partial charge in [0.1, 0.15) is 0 Å². The van der Waals surface area contributed by atoms with Gasteiger partial charge in [0.2, 0.25) is 5.91 Å². The Morgan fingerprint density at radius 3 is 2.36 bits per heavy atom. The number of amides is 1. The zero-order chi connectivity index (χ0) is 17.5. The van der Waals surface area contributed by atoms with Crippen LogP contribution < -0.4 is 10.6 Å². The van der Waals surface area contributed by atoms with Crippen LogP contribution in [0.25, 0.3) is 11.1 Å². The number of carbonyl (C=O) groups is 1. The third-order valence-corrected chi connectivity index (χ3v) is 4.88. The standard InChI is InChI=1S/C21H27N3O/c1-24(20-11-13-22-14-12-20)16-21(25)23-15-17-7-9-19(10-8-17)18-5-3-2-4-6-18/h2-10,20,22H,11-16H2,1H3,(H,23,25). The minimum atomic E-state index is 0.0909. The Morgan fingerprint density at radius 2 is 1.68 bits per heavy atom. The fraction of sp³-hybridized carbons (Fsp3) is 0.381. The molecular formula is C21H27N3O. The van der Waals surface area contributed by atoms with Crippen LogP contribution in [0.3, 0.4) is 0 Å². The molecule has 0 aromatic heterocycles. The summed E-state index contributed by atoms with van der Waals surface area (Å²) in [5, 5.41) is 6.39. The Balaban J connectivity index is 1.47. The van der Waals surface area contributed by atoms with Gasteiger partial charge in [-0.3, -0.25) is 9.69 Å². The van der Waals surface area contributed by atoms with Gasteiger partial charge in [0, 0.05) is 12.6 Å². The van der Waals surface area contributed by atoms with Gasteiger partial charge in [0.25, 0.3) is 0 Å². The molecular weight excluding hydrogens is 310 g/mol. The van der Waals surface area contributed by atoms with Crippen molar-refractivity contribution in [2.75, 3.05) is 26.7 Å². The molecule has 0 radical (unpaired) electrons. The summed E-state index contributed by atoms with van der Waals surface area (Å²) in [4.78, 5) is 14.4. The first-order valence-corrected chi connectivity index (χ1v) is 9.04. The molecule has 1 aliphatic rings. The molecule has 0 unspecified atom stereocenters. The fourth-order valence-corrected chi connectivity index (χ4v) is 3.31. The Bertz CT molecular complexity index is 663. The number of nitrogens with one attached hydrogen (secondary N) is 2. The minimum Gasteiger partial charge on any atom is -0.351 e. The van der Waals surface area contributed by atoms with E-state index >= 15 is 0 Å². The van der Waals surface area contributed by atoms with Crippen molar-refractivity contribution < 1.29 is 4.79 Å². The largest absolute Gasteiger partial charge is 0.351 e. The molecule has 1 amide bonds. The van der Waals surface area contributed by atoms with E-state index in [1.807, 2.05) is 25.2 Å². The number of hydrogen-bond acceptors (Lipinski definition) is 3. The van der Waals surface area contributed by atoms with Crippen molar-refractivity contribution in [1.82, 2.24) is 15.5 Å². The van der Waals surface area contributed by atoms with Crippen LogP contribution in [0.5, 0.6) is 0 Å². The van der Waals surface area contributed by atoms with Crippen molar-refractivity contribution in [3.8, 4) is 11.1 Å². The van der Waals surface area contributed by atoms with Gasteiger partial charge >= 0.3 is 0 Å². The first-order chi connectivity index (χ1) is 12.2. The van der Waals surface area contributed by atoms with Gasteiger partial charge in [-0.1, -0.05) is 54.6 Å². The van der Waals surface area contributed by atoms with E-state index in [0.29, 0.717) is 19.1 Å². The molecule has 0 saturated carbocycles. The van der Waals surface area contributed by atoms with Gasteiger partial charge in [0.05, 0.1) is 6.54 Å². The predicted molar refractivity (Wildman–Crippen MR) is 102 cm³/mol. The quantitative estimate of drug-likeness (QED) is 0.852. The number of benzene rings is 2. The maximum Gasteiger partial charge on any atom is 0.234 e. The zero-order valence-corrected chi connectivity index (χ0v) is 14.9. The van der Waals surface area contributed by atoms with E-state index in [1.165, 1.54) is 11.1 Å². The first-order valence-electron chi connectivity index (χ1n) is 9.04. The molecule has 132 valence electrons. The van der Waals surface area contributed by atoms with Gasteiger partial charge in [-0.25, -0.2) is 0 Å². The summed E-state index contributed by atoms with van der Waals surface area (Å²) in [6, 6.07) is 19.2. The SMILES string of the molecule is CN(CC(=O)NCc1ccc(-c2ccccc2)cc1)C1CCNCC1. The highest BCUT2D eigenvalue weighted by atomic mass is 16.2. The Hall–Kier alpha value is -2.17. The molecule has 4 heteroatoms.